The molecule has 17 heavy (non-hydrogen) atoms. The summed E-state index contributed by atoms with van der Waals surface area (Å²) in [6, 6.07) is 2.87. The Balaban J connectivity index is 2.98. The van der Waals surface area contributed by atoms with Gasteiger partial charge in [0.15, 0.2) is 0 Å². The Morgan fingerprint density at radius 1 is 1.29 bits per heavy atom. The number of benzene rings is 1. The van der Waals surface area contributed by atoms with E-state index in [0.29, 0.717) is 16.8 Å². The van der Waals surface area contributed by atoms with Crippen LogP contribution in [0.1, 0.15) is 10.4 Å². The van der Waals surface area contributed by atoms with Crippen LogP contribution < -0.4 is 10.4 Å². The number of fused-ring (bicyclic) bond motifs is 1. The number of imidazole rings is 1. The van der Waals surface area contributed by atoms with Crippen molar-refractivity contribution < 1.29 is 14.6 Å². The van der Waals surface area contributed by atoms with E-state index in [1.807, 2.05) is 0 Å². The molecule has 0 saturated carbocycles. The fourth-order valence-corrected chi connectivity index (χ4v) is 1.89. The molecule has 1 aromatic carbocycles. The minimum atomic E-state index is -1.05. The highest BCUT2D eigenvalue weighted by molar-refractivity contribution is 5.95. The highest BCUT2D eigenvalue weighted by Gasteiger charge is 2.16. The molecule has 0 fully saturated rings. The maximum atomic E-state index is 11.8. The van der Waals surface area contributed by atoms with Gasteiger partial charge in [0.1, 0.15) is 11.3 Å². The predicted molar refractivity (Wildman–Crippen MR) is 61.7 cm³/mol. The summed E-state index contributed by atoms with van der Waals surface area (Å²) in [5, 5.41) is 8.98. The van der Waals surface area contributed by atoms with E-state index in [2.05, 4.69) is 0 Å². The van der Waals surface area contributed by atoms with E-state index in [1.54, 1.807) is 14.1 Å². The second-order valence-corrected chi connectivity index (χ2v) is 3.75. The molecule has 0 radical (unpaired) electrons. The van der Waals surface area contributed by atoms with E-state index < -0.39 is 5.97 Å². The van der Waals surface area contributed by atoms with Crippen molar-refractivity contribution >= 4 is 17.0 Å². The van der Waals surface area contributed by atoms with Gasteiger partial charge in [-0.3, -0.25) is 9.13 Å². The summed E-state index contributed by atoms with van der Waals surface area (Å²) in [5.74, 6) is -0.679. The summed E-state index contributed by atoms with van der Waals surface area (Å²) in [5.41, 5.74) is 0.996. The van der Waals surface area contributed by atoms with Crippen molar-refractivity contribution in [3.05, 3.63) is 28.2 Å². The highest BCUT2D eigenvalue weighted by atomic mass is 16.5. The summed E-state index contributed by atoms with van der Waals surface area (Å²) in [6.45, 7) is 0. The molecule has 6 nitrogen and oxygen atoms in total. The molecule has 1 heterocycles. The first-order chi connectivity index (χ1) is 7.97. The van der Waals surface area contributed by atoms with Gasteiger partial charge in [-0.25, -0.2) is 9.59 Å². The van der Waals surface area contributed by atoms with Crippen molar-refractivity contribution in [3.63, 3.8) is 0 Å². The Kier molecular flexibility index (Phi) is 2.42. The van der Waals surface area contributed by atoms with Crippen molar-refractivity contribution in [2.24, 2.45) is 14.1 Å². The normalized spacial score (nSPS) is 10.8. The topological polar surface area (TPSA) is 73.5 Å². The number of hydrogen-bond donors (Lipinski definition) is 1. The lowest BCUT2D eigenvalue weighted by Crippen LogP contribution is -2.19. The summed E-state index contributed by atoms with van der Waals surface area (Å²) >= 11 is 0. The molecule has 2 rings (SSSR count). The van der Waals surface area contributed by atoms with Gasteiger partial charge in [0.05, 0.1) is 18.2 Å². The molecule has 1 aromatic heterocycles. The van der Waals surface area contributed by atoms with Crippen molar-refractivity contribution in [1.82, 2.24) is 9.13 Å². The van der Waals surface area contributed by atoms with Crippen LogP contribution in [0.5, 0.6) is 5.75 Å². The quantitative estimate of drug-likeness (QED) is 0.827. The molecule has 0 atom stereocenters. The molecular formula is C11H12N2O4. The summed E-state index contributed by atoms with van der Waals surface area (Å²) in [6.07, 6.45) is 0. The first-order valence-corrected chi connectivity index (χ1v) is 4.94. The number of nitrogens with zero attached hydrogens (tertiary/aromatic N) is 2. The SMILES string of the molecule is COc1cc(C(=O)O)cc2c1n(C)c(=O)n2C. The van der Waals surface area contributed by atoms with E-state index >= 15 is 0 Å². The number of aryl methyl sites for hydroxylation is 2. The van der Waals surface area contributed by atoms with Crippen molar-refractivity contribution in [2.45, 2.75) is 0 Å². The van der Waals surface area contributed by atoms with Crippen LogP contribution in [-0.2, 0) is 14.1 Å². The van der Waals surface area contributed by atoms with Crippen LogP contribution in [0.4, 0.5) is 0 Å². The van der Waals surface area contributed by atoms with Crippen LogP contribution in [-0.4, -0.2) is 27.3 Å². The molecule has 0 aliphatic carbocycles. The summed E-state index contributed by atoms with van der Waals surface area (Å²) in [4.78, 5) is 22.7. The molecule has 1 N–H and O–H groups in total. The number of aromatic carboxylic acids is 1. The zero-order chi connectivity index (χ0) is 12.7. The van der Waals surface area contributed by atoms with Crippen LogP contribution in [0, 0.1) is 0 Å². The molecule has 0 spiro atoms. The Bertz CT molecular complexity index is 666. The number of hydrogen-bond acceptors (Lipinski definition) is 3. The van der Waals surface area contributed by atoms with Gasteiger partial charge >= 0.3 is 11.7 Å². The van der Waals surface area contributed by atoms with E-state index in [1.165, 1.54) is 28.4 Å². The number of rotatable bonds is 2. The third-order valence-electron chi connectivity index (χ3n) is 2.79. The molecular weight excluding hydrogens is 224 g/mol. The van der Waals surface area contributed by atoms with Gasteiger partial charge in [0.25, 0.3) is 0 Å². The van der Waals surface area contributed by atoms with Gasteiger partial charge < -0.3 is 9.84 Å². The van der Waals surface area contributed by atoms with Gasteiger partial charge in [0.2, 0.25) is 0 Å². The Labute approximate surface area is 96.7 Å². The third-order valence-corrected chi connectivity index (χ3v) is 2.79. The summed E-state index contributed by atoms with van der Waals surface area (Å²) in [7, 11) is 4.65. The van der Waals surface area contributed by atoms with Gasteiger partial charge in [-0.05, 0) is 12.1 Å². The Morgan fingerprint density at radius 2 is 1.94 bits per heavy atom. The van der Waals surface area contributed by atoms with Gasteiger partial charge in [0, 0.05) is 14.1 Å². The van der Waals surface area contributed by atoms with Crippen LogP contribution in [0.2, 0.25) is 0 Å². The minimum absolute atomic E-state index is 0.0931. The monoisotopic (exact) mass is 236 g/mol. The van der Waals surface area contributed by atoms with E-state index in [-0.39, 0.29) is 11.3 Å². The maximum absolute atomic E-state index is 11.8. The number of carboxylic acid groups (broad SMARTS) is 1. The molecule has 90 valence electrons. The number of carbonyl (C=O) groups is 1. The number of aromatic nitrogens is 2. The van der Waals surface area contributed by atoms with E-state index in [9.17, 15) is 9.59 Å². The molecule has 0 unspecified atom stereocenters. The zero-order valence-corrected chi connectivity index (χ0v) is 9.72. The average molecular weight is 236 g/mol. The lowest BCUT2D eigenvalue weighted by Gasteiger charge is -2.05. The molecule has 2 aromatic rings. The number of methoxy groups -OCH3 is 1. The standard InChI is InChI=1S/C11H12N2O4/c1-12-7-4-6(10(14)15)5-8(17-3)9(7)13(2)11(12)16/h4-5H,1-3H3,(H,14,15). The van der Waals surface area contributed by atoms with Crippen molar-refractivity contribution in [2.75, 3.05) is 7.11 Å². The predicted octanol–water partition coefficient (Wildman–Crippen LogP) is 0.584. The Hall–Kier alpha value is -2.24. The van der Waals surface area contributed by atoms with Crippen molar-refractivity contribution in [1.29, 1.82) is 0 Å². The first-order valence-electron chi connectivity index (χ1n) is 4.94. The fourth-order valence-electron chi connectivity index (χ4n) is 1.89. The molecule has 0 aliphatic heterocycles. The lowest BCUT2D eigenvalue weighted by atomic mass is 10.2. The largest absolute Gasteiger partial charge is 0.494 e. The van der Waals surface area contributed by atoms with Gasteiger partial charge in [-0.1, -0.05) is 0 Å². The highest BCUT2D eigenvalue weighted by Crippen LogP contribution is 2.26. The number of carboxylic acids is 1. The fraction of sp³-hybridized carbons (Fsp3) is 0.273. The van der Waals surface area contributed by atoms with Crippen molar-refractivity contribution in [3.8, 4) is 5.75 Å². The lowest BCUT2D eigenvalue weighted by molar-refractivity contribution is 0.0696. The molecule has 0 amide bonds. The maximum Gasteiger partial charge on any atom is 0.335 e. The van der Waals surface area contributed by atoms with Crippen LogP contribution >= 0.6 is 0 Å². The number of ether oxygens (including phenoxy) is 1. The van der Waals surface area contributed by atoms with Crippen LogP contribution in [0.15, 0.2) is 16.9 Å². The zero-order valence-electron chi connectivity index (χ0n) is 9.72. The summed E-state index contributed by atoms with van der Waals surface area (Å²) < 4.78 is 7.95. The van der Waals surface area contributed by atoms with E-state index in [4.69, 9.17) is 9.84 Å². The smallest absolute Gasteiger partial charge is 0.335 e. The molecule has 0 bridgehead atoms. The van der Waals surface area contributed by atoms with E-state index in [0.717, 1.165) is 0 Å². The average Bonchev–Trinajstić information content (AvgIpc) is 2.53. The molecule has 6 heteroatoms. The first kappa shape index (κ1) is 11.3. The molecule has 0 saturated heterocycles. The second kappa shape index (κ2) is 3.65. The Morgan fingerprint density at radius 3 is 2.47 bits per heavy atom. The second-order valence-electron chi connectivity index (χ2n) is 3.75. The van der Waals surface area contributed by atoms with Gasteiger partial charge in [-0.15, -0.1) is 0 Å². The van der Waals surface area contributed by atoms with Gasteiger partial charge in [-0.2, -0.15) is 0 Å². The minimum Gasteiger partial charge on any atom is -0.494 e. The molecule has 0 aliphatic rings. The van der Waals surface area contributed by atoms with Crippen LogP contribution in [0.3, 0.4) is 0 Å². The third kappa shape index (κ3) is 1.49. The van der Waals surface area contributed by atoms with Crippen LogP contribution in [0.25, 0.3) is 11.0 Å².